The first kappa shape index (κ1) is 17.4. The Bertz CT molecular complexity index is 1180. The minimum Gasteiger partial charge on any atom is -0.372 e. The predicted molar refractivity (Wildman–Crippen MR) is 119 cm³/mol. The lowest BCUT2D eigenvalue weighted by Crippen LogP contribution is -2.26. The highest BCUT2D eigenvalue weighted by Crippen LogP contribution is 2.42. The lowest BCUT2D eigenvalue weighted by atomic mass is 10.1. The largest absolute Gasteiger partial charge is 0.372 e. The molecule has 1 aliphatic carbocycles. The minimum atomic E-state index is 0.202. The molecule has 0 saturated carbocycles. The molecule has 0 radical (unpaired) electrons. The van der Waals surface area contributed by atoms with Crippen molar-refractivity contribution in [2.75, 3.05) is 12.0 Å². The van der Waals surface area contributed by atoms with Gasteiger partial charge in [0, 0.05) is 24.2 Å². The molecule has 1 aliphatic heterocycles. The van der Waals surface area contributed by atoms with Crippen LogP contribution in [-0.2, 0) is 13.0 Å². The van der Waals surface area contributed by atoms with Crippen LogP contribution in [-0.4, -0.2) is 21.4 Å². The van der Waals surface area contributed by atoms with E-state index in [2.05, 4.69) is 98.2 Å². The average molecular weight is 393 g/mol. The fourth-order valence-corrected chi connectivity index (χ4v) is 4.76. The van der Waals surface area contributed by atoms with E-state index in [1.807, 2.05) is 0 Å². The Kier molecular flexibility index (Phi) is 4.13. The molecule has 4 aromatic rings. The summed E-state index contributed by atoms with van der Waals surface area (Å²) in [5, 5.41) is 16.0. The topological polar surface area (TPSA) is 54.8 Å². The van der Waals surface area contributed by atoms with E-state index in [9.17, 15) is 0 Å². The molecule has 0 bridgehead atoms. The van der Waals surface area contributed by atoms with Gasteiger partial charge >= 0.3 is 0 Å². The third-order valence-corrected chi connectivity index (χ3v) is 6.16. The number of hydrogen-bond acceptors (Lipinski definition) is 4. The van der Waals surface area contributed by atoms with Gasteiger partial charge in [0.05, 0.1) is 12.7 Å². The fourth-order valence-electron chi connectivity index (χ4n) is 4.76. The van der Waals surface area contributed by atoms with Crippen molar-refractivity contribution in [3.05, 3.63) is 89.7 Å². The van der Waals surface area contributed by atoms with Crippen LogP contribution in [0.4, 0.5) is 5.69 Å². The van der Waals surface area contributed by atoms with E-state index in [4.69, 9.17) is 0 Å². The standard InChI is InChI=1S/C25H23N5/c1-3-11-21-19(9-1)20-10-2-4-12-22(20)24(21)27-16-26-18-8-5-7-17(15-18)25-29-28-23-13-6-14-30(23)25/h1-5,7-12,15,24,26-27H,6,13-14,16H2. The van der Waals surface area contributed by atoms with Gasteiger partial charge in [-0.15, -0.1) is 10.2 Å². The second kappa shape index (κ2) is 7.11. The Morgan fingerprint density at radius 3 is 2.43 bits per heavy atom. The van der Waals surface area contributed by atoms with Crippen LogP contribution in [0.5, 0.6) is 0 Å². The molecule has 0 atom stereocenters. The maximum Gasteiger partial charge on any atom is 0.164 e. The zero-order chi connectivity index (χ0) is 19.9. The summed E-state index contributed by atoms with van der Waals surface area (Å²) in [5.41, 5.74) is 7.52. The molecule has 2 N–H and O–H groups in total. The van der Waals surface area contributed by atoms with Crippen LogP contribution in [0.25, 0.3) is 22.5 Å². The summed E-state index contributed by atoms with van der Waals surface area (Å²) in [7, 11) is 0. The van der Waals surface area contributed by atoms with E-state index in [1.54, 1.807) is 0 Å². The number of anilines is 1. The third kappa shape index (κ3) is 2.82. The van der Waals surface area contributed by atoms with E-state index in [0.29, 0.717) is 6.67 Å². The van der Waals surface area contributed by atoms with E-state index in [-0.39, 0.29) is 6.04 Å². The predicted octanol–water partition coefficient (Wildman–Crippen LogP) is 4.62. The van der Waals surface area contributed by atoms with E-state index >= 15 is 0 Å². The number of rotatable bonds is 5. The lowest BCUT2D eigenvalue weighted by molar-refractivity contribution is 0.648. The van der Waals surface area contributed by atoms with Crippen LogP contribution < -0.4 is 10.6 Å². The highest BCUT2D eigenvalue weighted by molar-refractivity contribution is 5.78. The molecule has 30 heavy (non-hydrogen) atoms. The van der Waals surface area contributed by atoms with E-state index in [1.165, 1.54) is 22.3 Å². The van der Waals surface area contributed by atoms with E-state index in [0.717, 1.165) is 42.3 Å². The first-order chi connectivity index (χ1) is 14.9. The molecule has 3 aromatic carbocycles. The lowest BCUT2D eigenvalue weighted by Gasteiger charge is -2.17. The molecule has 0 fully saturated rings. The first-order valence-electron chi connectivity index (χ1n) is 10.6. The van der Waals surface area contributed by atoms with Crippen molar-refractivity contribution in [2.24, 2.45) is 0 Å². The van der Waals surface area contributed by atoms with E-state index < -0.39 is 0 Å². The number of nitrogens with zero attached hydrogens (tertiary/aromatic N) is 3. The maximum absolute atomic E-state index is 4.41. The molecule has 0 saturated heterocycles. The molecule has 5 nitrogen and oxygen atoms in total. The highest BCUT2D eigenvalue weighted by Gasteiger charge is 2.27. The first-order valence-corrected chi connectivity index (χ1v) is 10.6. The molecule has 2 aliphatic rings. The monoisotopic (exact) mass is 393 g/mol. The summed E-state index contributed by atoms with van der Waals surface area (Å²) in [6.07, 6.45) is 2.18. The van der Waals surface area contributed by atoms with Crippen molar-refractivity contribution in [1.82, 2.24) is 20.1 Å². The maximum atomic E-state index is 4.41. The number of aromatic nitrogens is 3. The number of aryl methyl sites for hydroxylation is 1. The third-order valence-electron chi connectivity index (χ3n) is 6.16. The number of hydrogen-bond donors (Lipinski definition) is 2. The number of fused-ring (bicyclic) bond motifs is 4. The Balaban J connectivity index is 1.20. The van der Waals surface area contributed by atoms with Crippen molar-refractivity contribution < 1.29 is 0 Å². The van der Waals surface area contributed by atoms with Crippen LogP contribution in [0.1, 0.15) is 29.4 Å². The van der Waals surface area contributed by atoms with Crippen LogP contribution in [0, 0.1) is 0 Å². The summed E-state index contributed by atoms with van der Waals surface area (Å²) < 4.78 is 2.24. The molecule has 0 spiro atoms. The average Bonchev–Trinajstić information content (AvgIpc) is 3.48. The Morgan fingerprint density at radius 1 is 0.867 bits per heavy atom. The van der Waals surface area contributed by atoms with Gasteiger partial charge < -0.3 is 9.88 Å². The molecule has 6 rings (SSSR count). The van der Waals surface area contributed by atoms with Gasteiger partial charge in [-0.2, -0.15) is 0 Å². The van der Waals surface area contributed by atoms with Crippen LogP contribution in [0.15, 0.2) is 72.8 Å². The van der Waals surface area contributed by atoms with Crippen molar-refractivity contribution in [3.8, 4) is 22.5 Å². The molecule has 5 heteroatoms. The number of nitrogens with one attached hydrogen (secondary N) is 2. The van der Waals surface area contributed by atoms with Gasteiger partial charge in [0.2, 0.25) is 0 Å². The van der Waals surface area contributed by atoms with Crippen molar-refractivity contribution in [2.45, 2.75) is 25.4 Å². The molecule has 0 unspecified atom stereocenters. The quantitative estimate of drug-likeness (QED) is 0.486. The van der Waals surface area contributed by atoms with Crippen LogP contribution in [0.2, 0.25) is 0 Å². The zero-order valence-corrected chi connectivity index (χ0v) is 16.7. The second-order valence-electron chi connectivity index (χ2n) is 7.94. The number of benzene rings is 3. The van der Waals surface area contributed by atoms with Gasteiger partial charge in [0.25, 0.3) is 0 Å². The van der Waals surface area contributed by atoms with Crippen molar-refractivity contribution in [3.63, 3.8) is 0 Å². The summed E-state index contributed by atoms with van der Waals surface area (Å²) in [6, 6.07) is 26.0. The van der Waals surface area contributed by atoms with Gasteiger partial charge in [-0.3, -0.25) is 5.32 Å². The highest BCUT2D eigenvalue weighted by atomic mass is 15.3. The van der Waals surface area contributed by atoms with Gasteiger partial charge in [-0.05, 0) is 40.8 Å². The molecular weight excluding hydrogens is 370 g/mol. The fraction of sp³-hybridized carbons (Fsp3) is 0.200. The van der Waals surface area contributed by atoms with Crippen molar-refractivity contribution >= 4 is 5.69 Å². The minimum absolute atomic E-state index is 0.202. The smallest absolute Gasteiger partial charge is 0.164 e. The van der Waals surface area contributed by atoms with Crippen molar-refractivity contribution in [1.29, 1.82) is 0 Å². The Hall–Kier alpha value is -3.44. The van der Waals surface area contributed by atoms with Gasteiger partial charge in [-0.1, -0.05) is 60.7 Å². The molecule has 0 amide bonds. The molecular formula is C25H23N5. The summed E-state index contributed by atoms with van der Waals surface area (Å²) in [4.78, 5) is 0. The molecule has 1 aromatic heterocycles. The molecule has 148 valence electrons. The second-order valence-corrected chi connectivity index (χ2v) is 7.94. The normalized spacial score (nSPS) is 14.4. The Morgan fingerprint density at radius 2 is 1.63 bits per heavy atom. The van der Waals surface area contributed by atoms with Crippen LogP contribution >= 0.6 is 0 Å². The van der Waals surface area contributed by atoms with Gasteiger partial charge in [-0.25, -0.2) is 0 Å². The summed E-state index contributed by atoms with van der Waals surface area (Å²) in [5.74, 6) is 2.07. The summed E-state index contributed by atoms with van der Waals surface area (Å²) >= 11 is 0. The SMILES string of the molecule is c1cc(NCNC2c3ccccc3-c3ccccc32)cc(-c2nnc3n2CCC3)c1. The van der Waals surface area contributed by atoms with Crippen LogP contribution in [0.3, 0.4) is 0 Å². The zero-order valence-electron chi connectivity index (χ0n) is 16.7. The summed E-state index contributed by atoms with van der Waals surface area (Å²) in [6.45, 7) is 1.69. The molecule has 2 heterocycles. The van der Waals surface area contributed by atoms with Gasteiger partial charge in [0.15, 0.2) is 5.82 Å². The Labute approximate surface area is 175 Å². The van der Waals surface area contributed by atoms with Gasteiger partial charge in [0.1, 0.15) is 5.82 Å².